The van der Waals surface area contributed by atoms with Crippen LogP contribution in [0.5, 0.6) is 5.75 Å². The van der Waals surface area contributed by atoms with Crippen LogP contribution < -0.4 is 14.4 Å². The van der Waals surface area contributed by atoms with Gasteiger partial charge in [-0.3, -0.25) is 9.29 Å². The van der Waals surface area contributed by atoms with Crippen molar-refractivity contribution in [2.24, 2.45) is 0 Å². The zero-order chi connectivity index (χ0) is 32.1. The molecule has 3 aromatic carbocycles. The van der Waals surface area contributed by atoms with Crippen LogP contribution in [0.15, 0.2) is 54.6 Å². The molecule has 0 radical (unpaired) electrons. The number of rotatable bonds is 10. The Balaban J connectivity index is 1.36. The van der Waals surface area contributed by atoms with Crippen molar-refractivity contribution in [1.82, 2.24) is 4.90 Å². The van der Waals surface area contributed by atoms with Gasteiger partial charge in [0.2, 0.25) is 0 Å². The van der Waals surface area contributed by atoms with E-state index < -0.39 is 45.7 Å². The van der Waals surface area contributed by atoms with Gasteiger partial charge in [-0.05, 0) is 91.6 Å². The average molecular weight is 654 g/mol. The maximum Gasteiger partial charge on any atom is 0.534 e. The van der Waals surface area contributed by atoms with Crippen LogP contribution in [0.4, 0.5) is 37.7 Å². The summed E-state index contributed by atoms with van der Waals surface area (Å²) in [6.45, 7) is 3.29. The average Bonchev–Trinajstić information content (AvgIpc) is 3.79. The summed E-state index contributed by atoms with van der Waals surface area (Å²) < 4.78 is 111. The van der Waals surface area contributed by atoms with Crippen molar-refractivity contribution in [3.05, 3.63) is 88.5 Å². The minimum Gasteiger partial charge on any atom is -0.380 e. The predicted octanol–water partition coefficient (Wildman–Crippen LogP) is 7.07. The summed E-state index contributed by atoms with van der Waals surface area (Å²) in [5.41, 5.74) is -2.87. The molecule has 1 saturated carbocycles. The Morgan fingerprint density at radius 1 is 0.978 bits per heavy atom. The Morgan fingerprint density at radius 3 is 2.24 bits per heavy atom. The van der Waals surface area contributed by atoms with E-state index in [9.17, 15) is 26.0 Å². The molecule has 1 aliphatic carbocycles. The lowest BCUT2D eigenvalue weighted by atomic mass is 9.84. The van der Waals surface area contributed by atoms with Gasteiger partial charge in [0.1, 0.15) is 17.4 Å². The van der Waals surface area contributed by atoms with E-state index in [1.54, 1.807) is 0 Å². The monoisotopic (exact) mass is 653 g/mol. The van der Waals surface area contributed by atoms with Gasteiger partial charge in [-0.1, -0.05) is 18.2 Å². The molecule has 0 spiro atoms. The van der Waals surface area contributed by atoms with Gasteiger partial charge in [-0.2, -0.15) is 21.6 Å². The van der Waals surface area contributed by atoms with Crippen molar-refractivity contribution in [2.45, 2.75) is 62.2 Å². The summed E-state index contributed by atoms with van der Waals surface area (Å²) in [7, 11) is -5.91. The molecule has 3 aromatic rings. The zero-order valence-corrected chi connectivity index (χ0v) is 25.3. The third-order valence-corrected chi connectivity index (χ3v) is 9.67. The largest absolute Gasteiger partial charge is 0.534 e. The van der Waals surface area contributed by atoms with E-state index in [1.807, 2.05) is 41.0 Å². The maximum absolute atomic E-state index is 16.0. The Labute approximate surface area is 258 Å². The van der Waals surface area contributed by atoms with Gasteiger partial charge in [0.25, 0.3) is 0 Å². The van der Waals surface area contributed by atoms with Crippen molar-refractivity contribution >= 4 is 21.5 Å². The SMILES string of the molecule is C[C@@H]1Cc2cc(OS(=O)(=O)C(F)(F)F)ccc2[C@@H](c2c(F)cc(NC3CN(CCCF)C3)cc2F)N1c1ccc(C2CC2)cc1. The first kappa shape index (κ1) is 31.5. The van der Waals surface area contributed by atoms with E-state index in [1.165, 1.54) is 29.8 Å². The second-order valence-corrected chi connectivity index (χ2v) is 13.6. The lowest BCUT2D eigenvalue weighted by Gasteiger charge is -2.44. The molecule has 0 unspecified atom stereocenters. The van der Waals surface area contributed by atoms with E-state index >= 15 is 8.78 Å². The summed E-state index contributed by atoms with van der Waals surface area (Å²) in [5.74, 6) is -1.66. The molecule has 2 atom stereocenters. The first-order chi connectivity index (χ1) is 21.3. The lowest BCUT2D eigenvalue weighted by molar-refractivity contribution is -0.0500. The predicted molar refractivity (Wildman–Crippen MR) is 159 cm³/mol. The van der Waals surface area contributed by atoms with Crippen LogP contribution in [0.2, 0.25) is 0 Å². The molecule has 6 nitrogen and oxygen atoms in total. The van der Waals surface area contributed by atoms with Crippen molar-refractivity contribution < 1.29 is 38.9 Å². The molecule has 2 heterocycles. The van der Waals surface area contributed by atoms with Gasteiger partial charge < -0.3 is 14.4 Å². The van der Waals surface area contributed by atoms with E-state index in [0.29, 0.717) is 48.8 Å². The number of hydrogen-bond donors (Lipinski definition) is 1. The van der Waals surface area contributed by atoms with Crippen LogP contribution >= 0.6 is 0 Å². The maximum atomic E-state index is 16.0. The summed E-state index contributed by atoms with van der Waals surface area (Å²) in [5, 5.41) is 3.14. The summed E-state index contributed by atoms with van der Waals surface area (Å²) in [6.07, 6.45) is 2.90. The highest BCUT2D eigenvalue weighted by Crippen LogP contribution is 2.46. The standard InChI is InChI=1S/C32H33F6N3O3S/c1-19-13-22-14-26(44-45(42,43)32(36,37)38)9-10-27(22)31(41(19)25-7-5-21(6-8-25)20-3-4-20)30-28(34)15-23(16-29(30)35)39-24-17-40(18-24)12-2-11-33/h5-10,14-16,19-20,24,31,39H,2-4,11-13,17-18H2,1H3/t19-,31+/m1/s1. The minimum absolute atomic E-state index is 0.0439. The summed E-state index contributed by atoms with van der Waals surface area (Å²) in [4.78, 5) is 3.93. The van der Waals surface area contributed by atoms with Crippen molar-refractivity contribution in [3.63, 3.8) is 0 Å². The van der Waals surface area contributed by atoms with Crippen LogP contribution in [0.25, 0.3) is 0 Å². The number of fused-ring (bicyclic) bond motifs is 1. The Kier molecular flexibility index (Phi) is 8.44. The Bertz CT molecular complexity index is 1630. The zero-order valence-electron chi connectivity index (χ0n) is 24.5. The first-order valence-electron chi connectivity index (χ1n) is 14.9. The first-order valence-corrected chi connectivity index (χ1v) is 16.3. The van der Waals surface area contributed by atoms with Crippen molar-refractivity contribution in [1.29, 1.82) is 0 Å². The van der Waals surface area contributed by atoms with E-state index in [-0.39, 0.29) is 29.8 Å². The molecular weight excluding hydrogens is 620 g/mol. The summed E-state index contributed by atoms with van der Waals surface area (Å²) >= 11 is 0. The van der Waals surface area contributed by atoms with Crippen LogP contribution in [-0.4, -0.2) is 57.2 Å². The van der Waals surface area contributed by atoms with Gasteiger partial charge in [0.15, 0.2) is 0 Å². The van der Waals surface area contributed by atoms with E-state index in [2.05, 4.69) is 9.50 Å². The molecule has 0 amide bonds. The molecule has 242 valence electrons. The normalized spacial score (nSPS) is 20.9. The molecule has 45 heavy (non-hydrogen) atoms. The minimum atomic E-state index is -5.91. The number of anilines is 2. The van der Waals surface area contributed by atoms with Gasteiger partial charge >= 0.3 is 15.6 Å². The molecular formula is C32H33F6N3O3S. The number of alkyl halides is 4. The third kappa shape index (κ3) is 6.46. The Hall–Kier alpha value is -3.45. The fraction of sp³-hybridized carbons (Fsp3) is 0.438. The fourth-order valence-corrected chi connectivity index (χ4v) is 6.85. The van der Waals surface area contributed by atoms with E-state index in [0.717, 1.165) is 18.9 Å². The van der Waals surface area contributed by atoms with Gasteiger partial charge in [0.05, 0.1) is 24.3 Å². The third-order valence-electron chi connectivity index (χ3n) is 8.70. The molecule has 0 bridgehead atoms. The second-order valence-electron chi connectivity index (χ2n) is 12.1. The second kappa shape index (κ2) is 12.1. The van der Waals surface area contributed by atoms with Crippen molar-refractivity contribution in [2.75, 3.05) is 36.5 Å². The van der Waals surface area contributed by atoms with Gasteiger partial charge in [-0.25, -0.2) is 8.78 Å². The Morgan fingerprint density at radius 2 is 1.64 bits per heavy atom. The smallest absolute Gasteiger partial charge is 0.380 e. The number of halogens is 6. The number of nitrogens with one attached hydrogen (secondary N) is 1. The quantitative estimate of drug-likeness (QED) is 0.144. The van der Waals surface area contributed by atoms with Crippen LogP contribution in [0.3, 0.4) is 0 Å². The van der Waals surface area contributed by atoms with Gasteiger partial charge in [0, 0.05) is 37.1 Å². The number of likely N-dealkylation sites (tertiary alicyclic amines) is 1. The van der Waals surface area contributed by atoms with Crippen molar-refractivity contribution in [3.8, 4) is 5.75 Å². The topological polar surface area (TPSA) is 61.9 Å². The molecule has 3 aliphatic rings. The molecule has 6 rings (SSSR count). The van der Waals surface area contributed by atoms with E-state index in [4.69, 9.17) is 0 Å². The highest BCUT2D eigenvalue weighted by atomic mass is 32.2. The number of benzene rings is 3. The molecule has 0 aromatic heterocycles. The summed E-state index contributed by atoms with van der Waals surface area (Å²) in [6, 6.07) is 12.4. The molecule has 2 fully saturated rings. The molecule has 13 heteroatoms. The number of hydrogen-bond acceptors (Lipinski definition) is 6. The highest BCUT2D eigenvalue weighted by molar-refractivity contribution is 7.88. The van der Waals surface area contributed by atoms with Crippen LogP contribution in [0.1, 0.15) is 60.4 Å². The molecule has 1 N–H and O–H groups in total. The highest BCUT2D eigenvalue weighted by Gasteiger charge is 2.49. The fourth-order valence-electron chi connectivity index (χ4n) is 6.40. The lowest BCUT2D eigenvalue weighted by Crippen LogP contribution is -2.54. The molecule has 1 saturated heterocycles. The van der Waals surface area contributed by atoms with Crippen LogP contribution in [0, 0.1) is 11.6 Å². The number of nitrogens with zero attached hydrogens (tertiary/aromatic N) is 2. The van der Waals surface area contributed by atoms with Gasteiger partial charge in [-0.15, -0.1) is 0 Å². The van der Waals surface area contributed by atoms with Crippen LogP contribution in [-0.2, 0) is 16.5 Å². The molecule has 2 aliphatic heterocycles.